The summed E-state index contributed by atoms with van der Waals surface area (Å²) in [6, 6.07) is 4.71. The first-order chi connectivity index (χ1) is 10.8. The van der Waals surface area contributed by atoms with Crippen LogP contribution in [0.25, 0.3) is 11.3 Å². The number of non-ortho nitro benzene ring substituents is 1. The van der Waals surface area contributed by atoms with Crippen molar-refractivity contribution in [3.8, 4) is 11.3 Å². The Morgan fingerprint density at radius 3 is 2.43 bits per heavy atom. The van der Waals surface area contributed by atoms with Gasteiger partial charge in [-0.15, -0.1) is 0 Å². The van der Waals surface area contributed by atoms with Gasteiger partial charge in [-0.2, -0.15) is 17.5 Å². The lowest BCUT2D eigenvalue weighted by Gasteiger charge is -2.08. The van der Waals surface area contributed by atoms with E-state index in [4.69, 9.17) is 0 Å². The molecule has 0 amide bonds. The summed E-state index contributed by atoms with van der Waals surface area (Å²) in [5.74, 6) is -1.14. The van der Waals surface area contributed by atoms with E-state index in [1.54, 1.807) is 0 Å². The van der Waals surface area contributed by atoms with Crippen molar-refractivity contribution in [2.24, 2.45) is 0 Å². The van der Waals surface area contributed by atoms with Crippen LogP contribution in [0.4, 0.5) is 18.9 Å². The minimum Gasteiger partial charge on any atom is -0.462 e. The van der Waals surface area contributed by atoms with Crippen LogP contribution in [-0.2, 0) is 10.9 Å². The summed E-state index contributed by atoms with van der Waals surface area (Å²) in [6.45, 7) is 1.38. The first-order valence-electron chi connectivity index (χ1n) is 6.24. The fourth-order valence-electron chi connectivity index (χ4n) is 1.81. The molecule has 0 unspecified atom stereocenters. The molecule has 122 valence electrons. The molecular weight excluding hydrogens is 337 g/mol. The van der Waals surface area contributed by atoms with E-state index in [2.05, 4.69) is 9.11 Å². The molecule has 0 N–H and O–H groups in total. The number of aromatic nitrogens is 1. The molecule has 0 aliphatic carbocycles. The van der Waals surface area contributed by atoms with Gasteiger partial charge in [0.1, 0.15) is 10.4 Å². The van der Waals surface area contributed by atoms with Gasteiger partial charge >= 0.3 is 12.1 Å². The molecule has 0 bridgehead atoms. The number of carbonyl (C=O) groups excluding carboxylic acids is 1. The third-order valence-electron chi connectivity index (χ3n) is 2.78. The first kappa shape index (κ1) is 16.9. The van der Waals surface area contributed by atoms with Crippen LogP contribution >= 0.6 is 11.5 Å². The zero-order valence-corrected chi connectivity index (χ0v) is 12.4. The summed E-state index contributed by atoms with van der Waals surface area (Å²) in [7, 11) is 0. The predicted molar refractivity (Wildman–Crippen MR) is 75.2 cm³/mol. The van der Waals surface area contributed by atoms with Gasteiger partial charge in [0.2, 0.25) is 0 Å². The van der Waals surface area contributed by atoms with Crippen molar-refractivity contribution in [2.45, 2.75) is 13.1 Å². The Bertz CT molecular complexity index is 741. The zero-order valence-electron chi connectivity index (χ0n) is 11.6. The van der Waals surface area contributed by atoms with Gasteiger partial charge in [0.25, 0.3) is 5.69 Å². The Hall–Kier alpha value is -2.49. The molecule has 0 spiro atoms. The van der Waals surface area contributed by atoms with Crippen molar-refractivity contribution in [3.05, 3.63) is 44.8 Å². The molecule has 1 aromatic carbocycles. The molecule has 1 aromatic heterocycles. The lowest BCUT2D eigenvalue weighted by Crippen LogP contribution is -2.13. The van der Waals surface area contributed by atoms with Gasteiger partial charge in [-0.05, 0) is 30.6 Å². The normalized spacial score (nSPS) is 11.3. The summed E-state index contributed by atoms with van der Waals surface area (Å²) < 4.78 is 47.4. The molecule has 0 radical (unpaired) electrons. The van der Waals surface area contributed by atoms with Crippen molar-refractivity contribution in [3.63, 3.8) is 0 Å². The summed E-state index contributed by atoms with van der Waals surface area (Å²) in [6.07, 6.45) is -4.75. The maximum absolute atomic E-state index is 13.0. The van der Waals surface area contributed by atoms with Crippen molar-refractivity contribution < 1.29 is 27.6 Å². The first-order valence-corrected chi connectivity index (χ1v) is 7.01. The molecule has 0 aliphatic rings. The summed E-state index contributed by atoms with van der Waals surface area (Å²) in [5, 5.41) is 10.6. The van der Waals surface area contributed by atoms with Gasteiger partial charge in [-0.25, -0.2) is 4.79 Å². The smallest absolute Gasteiger partial charge is 0.428 e. The lowest BCUT2D eigenvalue weighted by molar-refractivity contribution is -0.384. The van der Waals surface area contributed by atoms with E-state index in [0.29, 0.717) is 0 Å². The molecule has 0 fully saturated rings. The molecule has 2 rings (SSSR count). The molecule has 0 saturated heterocycles. The standard InChI is InChI=1S/C13H9F3N2O4S/c1-2-22-12(19)9-10(17-23-11(9)13(14,15)16)7-3-5-8(6-4-7)18(20)21/h3-6H,2H2,1H3. The van der Waals surface area contributed by atoms with Crippen molar-refractivity contribution in [1.82, 2.24) is 4.37 Å². The van der Waals surface area contributed by atoms with E-state index >= 15 is 0 Å². The van der Waals surface area contributed by atoms with E-state index in [1.807, 2.05) is 0 Å². The number of nitrogens with zero attached hydrogens (tertiary/aromatic N) is 2. The van der Waals surface area contributed by atoms with Crippen LogP contribution in [0.3, 0.4) is 0 Å². The summed E-state index contributed by atoms with van der Waals surface area (Å²) >= 11 is 0.133. The van der Waals surface area contributed by atoms with Gasteiger partial charge in [0.15, 0.2) is 0 Å². The van der Waals surface area contributed by atoms with Crippen molar-refractivity contribution in [2.75, 3.05) is 6.61 Å². The lowest BCUT2D eigenvalue weighted by atomic mass is 10.1. The molecule has 0 atom stereocenters. The monoisotopic (exact) mass is 346 g/mol. The van der Waals surface area contributed by atoms with Crippen LogP contribution in [0.15, 0.2) is 24.3 Å². The second-order valence-corrected chi connectivity index (χ2v) is 5.03. The Morgan fingerprint density at radius 2 is 1.96 bits per heavy atom. The molecule has 10 heteroatoms. The number of nitro benzene ring substituents is 1. The number of hydrogen-bond acceptors (Lipinski definition) is 6. The highest BCUT2D eigenvalue weighted by Gasteiger charge is 2.40. The number of ether oxygens (including phenoxy) is 1. The maximum Gasteiger partial charge on any atom is 0.428 e. The number of benzene rings is 1. The maximum atomic E-state index is 13.0. The van der Waals surface area contributed by atoms with E-state index in [1.165, 1.54) is 19.1 Å². The Morgan fingerprint density at radius 1 is 1.35 bits per heavy atom. The highest BCUT2D eigenvalue weighted by molar-refractivity contribution is 7.06. The van der Waals surface area contributed by atoms with Crippen LogP contribution in [-0.4, -0.2) is 21.9 Å². The predicted octanol–water partition coefficient (Wildman–Crippen LogP) is 3.91. The molecule has 23 heavy (non-hydrogen) atoms. The molecule has 1 heterocycles. The largest absolute Gasteiger partial charge is 0.462 e. The fourth-order valence-corrected chi connectivity index (χ4v) is 2.57. The number of halogens is 3. The summed E-state index contributed by atoms with van der Waals surface area (Å²) in [4.78, 5) is 20.7. The van der Waals surface area contributed by atoms with Gasteiger partial charge in [0, 0.05) is 17.7 Å². The zero-order chi connectivity index (χ0) is 17.2. The third kappa shape index (κ3) is 3.47. The molecular formula is C13H9F3N2O4S. The molecule has 2 aromatic rings. The van der Waals surface area contributed by atoms with Gasteiger partial charge in [0.05, 0.1) is 17.2 Å². The second kappa shape index (κ2) is 6.32. The van der Waals surface area contributed by atoms with Crippen LogP contribution in [0.5, 0.6) is 0 Å². The highest BCUT2D eigenvalue weighted by atomic mass is 32.1. The number of alkyl halides is 3. The average molecular weight is 346 g/mol. The van der Waals surface area contributed by atoms with Gasteiger partial charge in [-0.3, -0.25) is 10.1 Å². The molecule has 0 aliphatic heterocycles. The number of rotatable bonds is 4. The van der Waals surface area contributed by atoms with Gasteiger partial charge in [-0.1, -0.05) is 0 Å². The minimum atomic E-state index is -4.75. The third-order valence-corrected chi connectivity index (χ3v) is 3.67. The number of carbonyl (C=O) groups is 1. The number of nitro groups is 1. The Kier molecular flexibility index (Phi) is 4.64. The van der Waals surface area contributed by atoms with Crippen LogP contribution < -0.4 is 0 Å². The van der Waals surface area contributed by atoms with E-state index in [-0.39, 0.29) is 35.1 Å². The Labute approximate surface area is 131 Å². The van der Waals surface area contributed by atoms with Crippen LogP contribution in [0.1, 0.15) is 22.2 Å². The van der Waals surface area contributed by atoms with Gasteiger partial charge < -0.3 is 4.74 Å². The quantitative estimate of drug-likeness (QED) is 0.476. The molecule has 0 saturated carbocycles. The fraction of sp³-hybridized carbons (Fsp3) is 0.231. The van der Waals surface area contributed by atoms with E-state index in [9.17, 15) is 28.1 Å². The minimum absolute atomic E-state index is 0.0916. The molecule has 6 nitrogen and oxygen atoms in total. The van der Waals surface area contributed by atoms with E-state index in [0.717, 1.165) is 12.1 Å². The van der Waals surface area contributed by atoms with Crippen LogP contribution in [0.2, 0.25) is 0 Å². The Balaban J connectivity index is 2.56. The van der Waals surface area contributed by atoms with Crippen molar-refractivity contribution >= 4 is 23.2 Å². The van der Waals surface area contributed by atoms with Crippen LogP contribution in [0, 0.1) is 10.1 Å². The van der Waals surface area contributed by atoms with E-state index < -0.39 is 27.5 Å². The summed E-state index contributed by atoms with van der Waals surface area (Å²) in [5.41, 5.74) is -0.961. The second-order valence-electron chi connectivity index (χ2n) is 4.26. The average Bonchev–Trinajstić information content (AvgIpc) is 2.92. The number of esters is 1. The highest BCUT2D eigenvalue weighted by Crippen LogP contribution is 2.40. The number of hydrogen-bond donors (Lipinski definition) is 0. The topological polar surface area (TPSA) is 82.3 Å². The SMILES string of the molecule is CCOC(=O)c1c(-c2ccc([N+](=O)[O-])cc2)nsc1C(F)(F)F. The van der Waals surface area contributed by atoms with Crippen molar-refractivity contribution in [1.29, 1.82) is 0 Å².